The second kappa shape index (κ2) is 14.8. The van der Waals surface area contributed by atoms with Crippen LogP contribution in [0.3, 0.4) is 0 Å². The van der Waals surface area contributed by atoms with E-state index in [0.29, 0.717) is 32.3 Å². The monoisotopic (exact) mass is 575 g/mol. The number of dihydropyridines is 1. The Balaban J connectivity index is 1.31. The van der Waals surface area contributed by atoms with E-state index in [1.165, 1.54) is 5.56 Å². The fourth-order valence-corrected chi connectivity index (χ4v) is 4.66. The van der Waals surface area contributed by atoms with Gasteiger partial charge in [-0.2, -0.15) is 13.2 Å². The summed E-state index contributed by atoms with van der Waals surface area (Å²) in [6.45, 7) is 3.03. The normalized spacial score (nSPS) is 17.0. The number of rotatable bonds is 15. The molecular formula is C28H36F3N7O3. The van der Waals surface area contributed by atoms with Gasteiger partial charge in [0.15, 0.2) is 0 Å². The van der Waals surface area contributed by atoms with Gasteiger partial charge in [-0.05, 0) is 75.1 Å². The van der Waals surface area contributed by atoms with Crippen LogP contribution in [0.2, 0.25) is 0 Å². The smallest absolute Gasteiger partial charge is 0.433 e. The molecule has 0 amide bonds. The van der Waals surface area contributed by atoms with Crippen LogP contribution in [0.1, 0.15) is 42.6 Å². The molecular weight excluding hydrogens is 539 g/mol. The van der Waals surface area contributed by atoms with Gasteiger partial charge in [0.2, 0.25) is 0 Å². The molecule has 1 unspecified atom stereocenters. The zero-order valence-electron chi connectivity index (χ0n) is 22.7. The lowest BCUT2D eigenvalue weighted by Crippen LogP contribution is -2.38. The highest BCUT2D eigenvalue weighted by Gasteiger charge is 2.33. The quantitative estimate of drug-likeness (QED) is 0.233. The number of aryl methyl sites for hydroxylation is 2. The van der Waals surface area contributed by atoms with Crippen LogP contribution >= 0.6 is 0 Å². The van der Waals surface area contributed by atoms with Crippen LogP contribution in [-0.2, 0) is 28.5 Å². The number of carboxylic acids is 1. The molecule has 2 aromatic heterocycles. The van der Waals surface area contributed by atoms with Crippen molar-refractivity contribution in [2.45, 2.75) is 57.0 Å². The van der Waals surface area contributed by atoms with Crippen molar-refractivity contribution in [3.63, 3.8) is 0 Å². The Morgan fingerprint density at radius 3 is 2.85 bits per heavy atom. The lowest BCUT2D eigenvalue weighted by molar-refractivity contribution is -0.141. The lowest BCUT2D eigenvalue weighted by Gasteiger charge is -2.26. The average Bonchev–Trinajstić information content (AvgIpc) is 2.97. The molecule has 0 bridgehead atoms. The van der Waals surface area contributed by atoms with E-state index in [2.05, 4.69) is 43.0 Å². The van der Waals surface area contributed by atoms with Crippen molar-refractivity contribution < 1.29 is 27.8 Å². The molecule has 0 saturated carbocycles. The lowest BCUT2D eigenvalue weighted by atomic mass is 10.1. The molecule has 2 aliphatic heterocycles. The van der Waals surface area contributed by atoms with Gasteiger partial charge in [-0.25, -0.2) is 19.7 Å². The summed E-state index contributed by atoms with van der Waals surface area (Å²) >= 11 is 0. The number of carboxylic acid groups (broad SMARTS) is 1. The van der Waals surface area contributed by atoms with E-state index in [4.69, 9.17) is 9.72 Å². The Morgan fingerprint density at radius 1 is 1.20 bits per heavy atom. The summed E-state index contributed by atoms with van der Waals surface area (Å²) < 4.78 is 45.0. The second-order valence-electron chi connectivity index (χ2n) is 9.95. The number of hydrogen-bond acceptors (Lipinski definition) is 9. The van der Waals surface area contributed by atoms with Gasteiger partial charge in [0, 0.05) is 31.4 Å². The molecule has 2 aromatic rings. The first-order valence-corrected chi connectivity index (χ1v) is 13.8. The van der Waals surface area contributed by atoms with Crippen molar-refractivity contribution in [1.29, 1.82) is 0 Å². The first-order valence-electron chi connectivity index (χ1n) is 13.8. The third-order valence-electron chi connectivity index (χ3n) is 6.88. The molecule has 0 aromatic carbocycles. The zero-order valence-corrected chi connectivity index (χ0v) is 22.7. The maximum atomic E-state index is 13.0. The first-order chi connectivity index (χ1) is 19.8. The Morgan fingerprint density at radius 2 is 2.07 bits per heavy atom. The molecule has 2 atom stereocenters. The van der Waals surface area contributed by atoms with Crippen molar-refractivity contribution in [3.05, 3.63) is 65.9 Å². The number of unbranched alkanes of at least 4 members (excludes halogenated alkanes) is 1. The van der Waals surface area contributed by atoms with Crippen LogP contribution in [0.15, 0.2) is 49.0 Å². The Hall–Kier alpha value is -3.71. The van der Waals surface area contributed by atoms with Gasteiger partial charge in [-0.3, -0.25) is 0 Å². The van der Waals surface area contributed by atoms with E-state index in [0.717, 1.165) is 56.5 Å². The van der Waals surface area contributed by atoms with Crippen molar-refractivity contribution in [2.24, 2.45) is 0 Å². The number of ether oxygens (including phenoxy) is 1. The number of aromatic nitrogens is 3. The van der Waals surface area contributed by atoms with Crippen molar-refractivity contribution in [3.8, 4) is 0 Å². The fourth-order valence-electron chi connectivity index (χ4n) is 4.66. The van der Waals surface area contributed by atoms with Crippen molar-refractivity contribution in [2.75, 3.05) is 43.4 Å². The fraction of sp³-hybridized carbons (Fsp3) is 0.500. The maximum absolute atomic E-state index is 13.0. The molecule has 4 rings (SSSR count). The SMILES string of the molecule is O=C(O)[C@H](CCN(CCCCc1ccc2c(n1)NCCC2)CCOC1C=CC=CN1)Nc1cc(C(F)(F)F)ncn1. The number of pyridine rings is 1. The van der Waals surface area contributed by atoms with Crippen LogP contribution in [-0.4, -0.2) is 76.0 Å². The van der Waals surface area contributed by atoms with Gasteiger partial charge in [-0.1, -0.05) is 12.1 Å². The van der Waals surface area contributed by atoms with Gasteiger partial charge in [-0.15, -0.1) is 0 Å². The van der Waals surface area contributed by atoms with Crippen LogP contribution < -0.4 is 16.0 Å². The molecule has 222 valence electrons. The minimum absolute atomic E-state index is 0.156. The number of halogens is 3. The second-order valence-corrected chi connectivity index (χ2v) is 9.95. The first kappa shape index (κ1) is 30.3. The number of alkyl halides is 3. The minimum atomic E-state index is -4.65. The molecule has 41 heavy (non-hydrogen) atoms. The van der Waals surface area contributed by atoms with Crippen molar-refractivity contribution in [1.82, 2.24) is 25.2 Å². The van der Waals surface area contributed by atoms with Gasteiger partial charge in [0.1, 0.15) is 35.9 Å². The molecule has 0 aliphatic carbocycles. The highest BCUT2D eigenvalue weighted by Crippen LogP contribution is 2.28. The zero-order chi connectivity index (χ0) is 29.1. The summed E-state index contributed by atoms with van der Waals surface area (Å²) in [4.78, 5) is 25.8. The predicted molar refractivity (Wildman–Crippen MR) is 148 cm³/mol. The highest BCUT2D eigenvalue weighted by molar-refractivity contribution is 5.76. The van der Waals surface area contributed by atoms with Gasteiger partial charge >= 0.3 is 12.1 Å². The Kier molecular flexibility index (Phi) is 10.9. The summed E-state index contributed by atoms with van der Waals surface area (Å²) in [7, 11) is 0. The van der Waals surface area contributed by atoms with Crippen LogP contribution in [0.5, 0.6) is 0 Å². The van der Waals surface area contributed by atoms with Gasteiger partial charge in [0.25, 0.3) is 0 Å². The number of allylic oxidation sites excluding steroid dienone is 2. The van der Waals surface area contributed by atoms with Gasteiger partial charge < -0.3 is 30.7 Å². The Labute approximate surface area is 237 Å². The number of carbonyl (C=O) groups is 1. The molecule has 0 spiro atoms. The number of nitrogens with zero attached hydrogens (tertiary/aromatic N) is 4. The number of hydrogen-bond donors (Lipinski definition) is 4. The summed E-state index contributed by atoms with van der Waals surface area (Å²) in [6, 6.07) is 3.81. The van der Waals surface area contributed by atoms with E-state index in [1.807, 2.05) is 18.2 Å². The van der Waals surface area contributed by atoms with E-state index in [1.54, 1.807) is 6.20 Å². The number of anilines is 2. The summed E-state index contributed by atoms with van der Waals surface area (Å²) in [5, 5.41) is 18.8. The molecule has 2 aliphatic rings. The maximum Gasteiger partial charge on any atom is 0.433 e. The summed E-state index contributed by atoms with van der Waals surface area (Å²) in [6.07, 6.45) is 8.25. The minimum Gasteiger partial charge on any atom is -0.480 e. The molecule has 0 radical (unpaired) electrons. The van der Waals surface area contributed by atoms with Crippen LogP contribution in [0.25, 0.3) is 0 Å². The Bertz CT molecular complexity index is 1210. The molecule has 4 N–H and O–H groups in total. The van der Waals surface area contributed by atoms with E-state index < -0.39 is 23.9 Å². The van der Waals surface area contributed by atoms with Crippen LogP contribution in [0.4, 0.5) is 24.8 Å². The molecule has 13 heteroatoms. The van der Waals surface area contributed by atoms with Crippen LogP contribution in [0, 0.1) is 0 Å². The number of aliphatic carboxylic acids is 1. The number of nitrogens with one attached hydrogen (secondary N) is 3. The average molecular weight is 576 g/mol. The molecule has 4 heterocycles. The standard InChI is InChI=1S/C28H36F3N7O3/c29-28(30,31)23-18-24(35-19-34-23)37-22(27(39)40)11-15-38(16-17-41-25-8-1-3-12-32-25)14-4-2-7-21-10-9-20-6-5-13-33-26(20)36-21/h1,3,8-10,12,18-19,22,25,32H,2,4-7,11,13-17H2,(H,33,36)(H,39,40)(H,34,35,37)/t22-,25?/m0/s1. The van der Waals surface area contributed by atoms with Crippen molar-refractivity contribution >= 4 is 17.6 Å². The number of fused-ring (bicyclic) bond motifs is 1. The summed E-state index contributed by atoms with van der Waals surface area (Å²) in [5.74, 6) is -0.389. The third kappa shape index (κ3) is 9.71. The summed E-state index contributed by atoms with van der Waals surface area (Å²) in [5.41, 5.74) is 1.15. The van der Waals surface area contributed by atoms with E-state index in [-0.39, 0.29) is 18.5 Å². The molecule has 0 fully saturated rings. The third-order valence-corrected chi connectivity index (χ3v) is 6.88. The molecule has 0 saturated heterocycles. The largest absolute Gasteiger partial charge is 0.480 e. The molecule has 10 nitrogen and oxygen atoms in total. The van der Waals surface area contributed by atoms with E-state index in [9.17, 15) is 23.1 Å². The highest BCUT2D eigenvalue weighted by atomic mass is 19.4. The van der Waals surface area contributed by atoms with Gasteiger partial charge in [0.05, 0.1) is 6.61 Å². The van der Waals surface area contributed by atoms with E-state index >= 15 is 0 Å². The topological polar surface area (TPSA) is 125 Å². The predicted octanol–water partition coefficient (Wildman–Crippen LogP) is 3.84.